The molecule has 138 valence electrons. The summed E-state index contributed by atoms with van der Waals surface area (Å²) in [5.41, 5.74) is 0.344. The highest BCUT2D eigenvalue weighted by Gasteiger charge is 2.34. The Morgan fingerprint density at radius 3 is 2.31 bits per heavy atom. The molecule has 1 amide bonds. The molecule has 2 N–H and O–H groups in total. The highest BCUT2D eigenvalue weighted by atomic mass is 16.6. The number of Topliss-reactive ketones (excluding diaryl/α,β-unsaturated/α-hetero) is 1. The van der Waals surface area contributed by atoms with Gasteiger partial charge >= 0.3 is 18.0 Å². The minimum atomic E-state index is -1.66. The number of carboxylic acid groups (broad SMARTS) is 1. The minimum absolute atomic E-state index is 0.132. The lowest BCUT2D eigenvalue weighted by atomic mass is 10.0. The molecule has 2 atom stereocenters. The number of amides is 1. The van der Waals surface area contributed by atoms with Gasteiger partial charge in [-0.25, -0.2) is 9.59 Å². The van der Waals surface area contributed by atoms with Crippen molar-refractivity contribution in [2.24, 2.45) is 5.92 Å². The lowest BCUT2D eigenvalue weighted by Gasteiger charge is -2.20. The molecule has 0 saturated heterocycles. The number of esters is 1. The van der Waals surface area contributed by atoms with Crippen LogP contribution in [0.5, 0.6) is 0 Å². The maximum atomic E-state index is 12.1. The molecule has 0 heterocycles. The van der Waals surface area contributed by atoms with Crippen LogP contribution in [-0.4, -0.2) is 48.2 Å². The molecule has 0 aliphatic carbocycles. The molecule has 1 rings (SSSR count). The zero-order valence-corrected chi connectivity index (χ0v) is 13.9. The molecule has 0 unspecified atom stereocenters. The molecule has 0 bridgehead atoms. The topological polar surface area (TPSA) is 119 Å². The van der Waals surface area contributed by atoms with Gasteiger partial charge in [0.25, 0.3) is 0 Å². The van der Waals surface area contributed by atoms with E-state index in [4.69, 9.17) is 4.74 Å². The number of nitrogens with one attached hydrogen (secondary N) is 1. The SMILES string of the molecule is C=CCOC(=O)N[C@H](C(=O)O)[C@H](C=C)C(=O)OCC(=O)c1ccccc1. The summed E-state index contributed by atoms with van der Waals surface area (Å²) in [5, 5.41) is 11.3. The second-order valence-corrected chi connectivity index (χ2v) is 5.01. The number of hydrogen-bond acceptors (Lipinski definition) is 6. The van der Waals surface area contributed by atoms with Gasteiger partial charge in [0.05, 0.1) is 0 Å². The summed E-state index contributed by atoms with van der Waals surface area (Å²) in [5.74, 6) is -4.36. The standard InChI is InChI=1S/C18H19NO7/c1-3-10-25-18(24)19-15(16(21)22)13(4-2)17(23)26-11-14(20)12-8-6-5-7-9-12/h3-9,13,15H,1-2,10-11H2,(H,19,24)(H,21,22)/t13-,15-/m0/s1. The van der Waals surface area contributed by atoms with E-state index in [0.717, 1.165) is 6.08 Å². The summed E-state index contributed by atoms with van der Waals surface area (Å²) in [6, 6.07) is 6.48. The van der Waals surface area contributed by atoms with Gasteiger partial charge in [-0.15, -0.1) is 6.58 Å². The number of carbonyl (C=O) groups is 4. The quantitative estimate of drug-likeness (QED) is 0.369. The maximum Gasteiger partial charge on any atom is 0.408 e. The molecule has 26 heavy (non-hydrogen) atoms. The predicted molar refractivity (Wildman–Crippen MR) is 91.5 cm³/mol. The smallest absolute Gasteiger partial charge is 0.408 e. The number of carbonyl (C=O) groups excluding carboxylic acids is 3. The van der Waals surface area contributed by atoms with Crippen LogP contribution in [0.3, 0.4) is 0 Å². The third-order valence-electron chi connectivity index (χ3n) is 3.20. The van der Waals surface area contributed by atoms with E-state index >= 15 is 0 Å². The average Bonchev–Trinajstić information content (AvgIpc) is 2.64. The molecular weight excluding hydrogens is 342 g/mol. The summed E-state index contributed by atoms with van der Waals surface area (Å²) in [6.45, 7) is 6.03. The summed E-state index contributed by atoms with van der Waals surface area (Å²) in [6.07, 6.45) is 1.27. The normalized spacial score (nSPS) is 12.2. The van der Waals surface area contributed by atoms with E-state index < -0.39 is 42.4 Å². The molecule has 8 heteroatoms. The van der Waals surface area contributed by atoms with Crippen LogP contribution in [0.25, 0.3) is 0 Å². The van der Waals surface area contributed by atoms with Gasteiger partial charge in [0.2, 0.25) is 0 Å². The van der Waals surface area contributed by atoms with Gasteiger partial charge in [0.1, 0.15) is 18.6 Å². The Kier molecular flexibility index (Phi) is 8.29. The number of carboxylic acids is 1. The summed E-state index contributed by atoms with van der Waals surface area (Å²) >= 11 is 0. The first-order chi connectivity index (χ1) is 12.4. The zero-order valence-electron chi connectivity index (χ0n) is 13.9. The predicted octanol–water partition coefficient (Wildman–Crippen LogP) is 1.58. The van der Waals surface area contributed by atoms with Crippen molar-refractivity contribution in [2.75, 3.05) is 13.2 Å². The minimum Gasteiger partial charge on any atom is -0.480 e. The Bertz CT molecular complexity index is 684. The fourth-order valence-electron chi connectivity index (χ4n) is 1.92. The first kappa shape index (κ1) is 20.6. The fraction of sp³-hybridized carbons (Fsp3) is 0.222. The van der Waals surface area contributed by atoms with Crippen molar-refractivity contribution in [3.8, 4) is 0 Å². The van der Waals surface area contributed by atoms with Gasteiger partial charge in [-0.05, 0) is 0 Å². The molecule has 1 aromatic rings. The van der Waals surface area contributed by atoms with E-state index in [2.05, 4.69) is 17.9 Å². The lowest BCUT2D eigenvalue weighted by Crippen LogP contribution is -2.48. The molecule has 0 aliphatic rings. The third kappa shape index (κ3) is 6.23. The van der Waals surface area contributed by atoms with Gasteiger partial charge in [-0.1, -0.05) is 49.1 Å². The summed E-state index contributed by atoms with van der Waals surface area (Å²) in [4.78, 5) is 47.0. The molecule has 0 aliphatic heterocycles. The first-order valence-electron chi connectivity index (χ1n) is 7.55. The highest BCUT2D eigenvalue weighted by molar-refractivity contribution is 5.98. The van der Waals surface area contributed by atoms with Gasteiger partial charge < -0.3 is 19.9 Å². The molecule has 0 saturated carbocycles. The molecule has 8 nitrogen and oxygen atoms in total. The van der Waals surface area contributed by atoms with Crippen LogP contribution in [-0.2, 0) is 19.1 Å². The number of hydrogen-bond donors (Lipinski definition) is 2. The van der Waals surface area contributed by atoms with Crippen LogP contribution in [0.1, 0.15) is 10.4 Å². The van der Waals surface area contributed by atoms with Crippen LogP contribution in [0.2, 0.25) is 0 Å². The molecule has 0 aromatic heterocycles. The van der Waals surface area contributed by atoms with E-state index in [-0.39, 0.29) is 6.61 Å². The highest BCUT2D eigenvalue weighted by Crippen LogP contribution is 2.10. The molecular formula is C18H19NO7. The van der Waals surface area contributed by atoms with Crippen molar-refractivity contribution in [1.82, 2.24) is 5.32 Å². The first-order valence-corrected chi connectivity index (χ1v) is 7.55. The summed E-state index contributed by atoms with van der Waals surface area (Å²) in [7, 11) is 0. The lowest BCUT2D eigenvalue weighted by molar-refractivity contribution is -0.152. The Morgan fingerprint density at radius 2 is 1.77 bits per heavy atom. The van der Waals surface area contributed by atoms with Crippen molar-refractivity contribution in [2.45, 2.75) is 6.04 Å². The van der Waals surface area contributed by atoms with E-state index in [1.165, 1.54) is 6.08 Å². The van der Waals surface area contributed by atoms with Gasteiger partial charge in [-0.2, -0.15) is 0 Å². The fourth-order valence-corrected chi connectivity index (χ4v) is 1.92. The van der Waals surface area contributed by atoms with Crippen LogP contribution >= 0.6 is 0 Å². The largest absolute Gasteiger partial charge is 0.480 e. The monoisotopic (exact) mass is 361 g/mol. The summed E-state index contributed by atoms with van der Waals surface area (Å²) < 4.78 is 9.50. The third-order valence-corrected chi connectivity index (χ3v) is 3.20. The van der Waals surface area contributed by atoms with Gasteiger partial charge in [0.15, 0.2) is 12.4 Å². The van der Waals surface area contributed by atoms with Crippen LogP contribution in [0.15, 0.2) is 55.6 Å². The number of ether oxygens (including phenoxy) is 2. The molecule has 1 aromatic carbocycles. The van der Waals surface area contributed by atoms with Crippen molar-refractivity contribution < 1.29 is 33.8 Å². The van der Waals surface area contributed by atoms with Crippen molar-refractivity contribution in [3.63, 3.8) is 0 Å². The molecule has 0 radical (unpaired) electrons. The Hall–Kier alpha value is -3.42. The van der Waals surface area contributed by atoms with Crippen molar-refractivity contribution in [1.29, 1.82) is 0 Å². The second kappa shape index (κ2) is 10.4. The Labute approximate surface area is 150 Å². The Balaban J connectivity index is 2.73. The Morgan fingerprint density at radius 1 is 1.12 bits per heavy atom. The van der Waals surface area contributed by atoms with Crippen LogP contribution in [0.4, 0.5) is 4.79 Å². The number of ketones is 1. The zero-order chi connectivity index (χ0) is 19.5. The van der Waals surface area contributed by atoms with Gasteiger partial charge in [-0.3, -0.25) is 9.59 Å². The van der Waals surface area contributed by atoms with E-state index in [0.29, 0.717) is 5.56 Å². The molecule has 0 spiro atoms. The number of benzene rings is 1. The average molecular weight is 361 g/mol. The van der Waals surface area contributed by atoms with Crippen molar-refractivity contribution >= 4 is 23.8 Å². The number of aliphatic carboxylic acids is 1. The van der Waals surface area contributed by atoms with E-state index in [1.807, 2.05) is 5.32 Å². The van der Waals surface area contributed by atoms with E-state index in [9.17, 15) is 24.3 Å². The van der Waals surface area contributed by atoms with Crippen LogP contribution < -0.4 is 5.32 Å². The number of rotatable bonds is 10. The maximum absolute atomic E-state index is 12.1. The second-order valence-electron chi connectivity index (χ2n) is 5.01. The number of alkyl carbamates (subject to hydrolysis) is 1. The van der Waals surface area contributed by atoms with Crippen LogP contribution in [0, 0.1) is 5.92 Å². The molecule has 0 fully saturated rings. The van der Waals surface area contributed by atoms with Crippen molar-refractivity contribution in [3.05, 3.63) is 61.2 Å². The van der Waals surface area contributed by atoms with Gasteiger partial charge in [0, 0.05) is 5.56 Å². The van der Waals surface area contributed by atoms with E-state index in [1.54, 1.807) is 30.3 Å².